The number of carboxylic acids is 1. The highest BCUT2D eigenvalue weighted by atomic mass is 32.1. The van der Waals surface area contributed by atoms with E-state index in [2.05, 4.69) is 4.65 Å². The number of carbonyl (C=O) groups is 1. The average Bonchev–Trinajstić information content (AvgIpc) is 2.57. The van der Waals surface area contributed by atoms with E-state index in [-0.39, 0.29) is 10.6 Å². The van der Waals surface area contributed by atoms with Crippen LogP contribution >= 0.6 is 11.3 Å². The molecule has 1 aromatic heterocycles. The summed E-state index contributed by atoms with van der Waals surface area (Å²) in [6.07, 6.45) is 0. The summed E-state index contributed by atoms with van der Waals surface area (Å²) >= 11 is 1.15. The van der Waals surface area contributed by atoms with E-state index in [1.165, 1.54) is 12.1 Å². The molecule has 0 saturated heterocycles. The highest BCUT2D eigenvalue weighted by Crippen LogP contribution is 2.33. The molecule has 0 atom stereocenters. The second kappa shape index (κ2) is 4.13. The molecule has 0 bridgehead atoms. The molecule has 0 unspecified atom stereocenters. The summed E-state index contributed by atoms with van der Waals surface area (Å²) in [7, 11) is -1.90. The van der Waals surface area contributed by atoms with E-state index in [4.69, 9.17) is 15.2 Å². The Balaban J connectivity index is 2.52. The van der Waals surface area contributed by atoms with Crippen LogP contribution in [0.4, 0.5) is 0 Å². The van der Waals surface area contributed by atoms with Crippen LogP contribution in [0.25, 0.3) is 10.1 Å². The van der Waals surface area contributed by atoms with Crippen molar-refractivity contribution in [3.63, 3.8) is 0 Å². The van der Waals surface area contributed by atoms with E-state index in [1.807, 2.05) is 0 Å². The number of carboxylic acid groups (broad SMARTS) is 1. The summed E-state index contributed by atoms with van der Waals surface area (Å²) in [5.41, 5.74) is 0.163. The fourth-order valence-corrected chi connectivity index (χ4v) is 2.34. The summed E-state index contributed by atoms with van der Waals surface area (Å²) < 4.78 is 5.39. The van der Waals surface area contributed by atoms with Gasteiger partial charge in [0.15, 0.2) is 5.06 Å². The Labute approximate surface area is 94.7 Å². The van der Waals surface area contributed by atoms with Gasteiger partial charge in [0.05, 0.1) is 5.56 Å². The normalized spacial score (nSPS) is 10.4. The maximum atomic E-state index is 10.9. The Morgan fingerprint density at radius 1 is 1.38 bits per heavy atom. The molecular weight excluding hydrogens is 231 g/mol. The second-order valence-electron chi connectivity index (χ2n) is 3.03. The van der Waals surface area contributed by atoms with Crippen molar-refractivity contribution in [3.8, 4) is 5.06 Å². The zero-order valence-electron chi connectivity index (χ0n) is 7.95. The van der Waals surface area contributed by atoms with Gasteiger partial charge in [-0.15, -0.1) is 11.3 Å². The van der Waals surface area contributed by atoms with Crippen LogP contribution < -0.4 is 4.65 Å². The number of rotatable bonds is 3. The number of thiophene rings is 1. The van der Waals surface area contributed by atoms with Gasteiger partial charge in [0.2, 0.25) is 0 Å². The van der Waals surface area contributed by atoms with Crippen LogP contribution in [0.5, 0.6) is 5.06 Å². The molecule has 0 aliphatic rings. The zero-order chi connectivity index (χ0) is 11.7. The number of aromatic carboxylic acids is 1. The molecule has 0 saturated carbocycles. The van der Waals surface area contributed by atoms with Gasteiger partial charge in [-0.25, -0.2) is 4.79 Å². The fourth-order valence-electron chi connectivity index (χ4n) is 1.39. The van der Waals surface area contributed by atoms with E-state index < -0.39 is 13.3 Å². The number of fused-ring (bicyclic) bond motifs is 1. The number of benzene rings is 1. The van der Waals surface area contributed by atoms with Crippen molar-refractivity contribution in [3.05, 3.63) is 29.8 Å². The van der Waals surface area contributed by atoms with Crippen LogP contribution in [0, 0.1) is 0 Å². The molecule has 2 aromatic rings. The minimum absolute atomic E-state index is 0.163. The van der Waals surface area contributed by atoms with Gasteiger partial charge in [0, 0.05) is 10.1 Å². The zero-order valence-corrected chi connectivity index (χ0v) is 8.77. The SMILES string of the molecule is O=C(O)c1cccc2sc(OB(O)O)cc12. The number of hydrogen-bond acceptors (Lipinski definition) is 5. The third-order valence-corrected chi connectivity index (χ3v) is 2.98. The van der Waals surface area contributed by atoms with Gasteiger partial charge < -0.3 is 19.8 Å². The molecule has 1 aromatic carbocycles. The van der Waals surface area contributed by atoms with Gasteiger partial charge >= 0.3 is 13.3 Å². The van der Waals surface area contributed by atoms with Crippen molar-refractivity contribution in [1.29, 1.82) is 0 Å². The van der Waals surface area contributed by atoms with Gasteiger partial charge in [0.1, 0.15) is 0 Å². The first-order chi connectivity index (χ1) is 7.58. The van der Waals surface area contributed by atoms with Crippen molar-refractivity contribution >= 4 is 34.7 Å². The molecule has 1 heterocycles. The molecule has 0 fully saturated rings. The van der Waals surface area contributed by atoms with Crippen molar-refractivity contribution in [2.75, 3.05) is 0 Å². The lowest BCUT2D eigenvalue weighted by Crippen LogP contribution is -2.19. The van der Waals surface area contributed by atoms with Crippen LogP contribution in [0.2, 0.25) is 0 Å². The molecule has 0 spiro atoms. The van der Waals surface area contributed by atoms with Gasteiger partial charge in [-0.1, -0.05) is 6.07 Å². The first-order valence-corrected chi connectivity index (χ1v) is 5.18. The maximum absolute atomic E-state index is 10.9. The lowest BCUT2D eigenvalue weighted by atomic mass is 10.1. The Morgan fingerprint density at radius 2 is 2.12 bits per heavy atom. The van der Waals surface area contributed by atoms with Gasteiger partial charge in [-0.2, -0.15) is 0 Å². The van der Waals surface area contributed by atoms with Gasteiger partial charge in [-0.05, 0) is 18.2 Å². The highest BCUT2D eigenvalue weighted by molar-refractivity contribution is 7.21. The molecule has 82 valence electrons. The van der Waals surface area contributed by atoms with Gasteiger partial charge in [-0.3, -0.25) is 0 Å². The lowest BCUT2D eigenvalue weighted by Gasteiger charge is -1.97. The largest absolute Gasteiger partial charge is 0.708 e. The Morgan fingerprint density at radius 3 is 2.75 bits per heavy atom. The lowest BCUT2D eigenvalue weighted by molar-refractivity contribution is 0.0699. The third-order valence-electron chi connectivity index (χ3n) is 1.99. The van der Waals surface area contributed by atoms with Crippen molar-refractivity contribution in [1.82, 2.24) is 0 Å². The molecule has 0 aliphatic heterocycles. The molecule has 5 nitrogen and oxygen atoms in total. The van der Waals surface area contributed by atoms with Crippen LogP contribution in [0.15, 0.2) is 24.3 Å². The van der Waals surface area contributed by atoms with E-state index in [9.17, 15) is 4.79 Å². The average molecular weight is 238 g/mol. The fraction of sp³-hybridized carbons (Fsp3) is 0. The topological polar surface area (TPSA) is 87.0 Å². The molecule has 7 heteroatoms. The molecule has 3 N–H and O–H groups in total. The molecule has 16 heavy (non-hydrogen) atoms. The summed E-state index contributed by atoms with van der Waals surface area (Å²) in [5, 5.41) is 27.0. The minimum Gasteiger partial charge on any atom is -0.504 e. The first-order valence-electron chi connectivity index (χ1n) is 4.36. The van der Waals surface area contributed by atoms with Crippen LogP contribution in [0.3, 0.4) is 0 Å². The standard InChI is InChI=1S/C9H7BO5S/c11-9(12)5-2-1-3-7-6(5)4-8(16-7)15-10(13)14/h1-4,13-14H,(H,11,12). The third kappa shape index (κ3) is 2.01. The Kier molecular flexibility index (Phi) is 2.82. The Bertz CT molecular complexity index is 536. The van der Waals surface area contributed by atoms with E-state index in [1.54, 1.807) is 12.1 Å². The molecule has 2 rings (SSSR count). The number of hydrogen-bond donors (Lipinski definition) is 3. The molecule has 0 aliphatic carbocycles. The van der Waals surface area contributed by atoms with Crippen LogP contribution in [-0.4, -0.2) is 28.4 Å². The van der Waals surface area contributed by atoms with E-state index >= 15 is 0 Å². The van der Waals surface area contributed by atoms with Crippen molar-refractivity contribution in [2.24, 2.45) is 0 Å². The second-order valence-corrected chi connectivity index (χ2v) is 4.08. The predicted molar refractivity (Wildman–Crippen MR) is 59.6 cm³/mol. The quantitative estimate of drug-likeness (QED) is 0.693. The molecule has 0 amide bonds. The van der Waals surface area contributed by atoms with E-state index in [0.717, 1.165) is 16.0 Å². The first kappa shape index (κ1) is 10.9. The van der Waals surface area contributed by atoms with E-state index in [0.29, 0.717) is 5.39 Å². The van der Waals surface area contributed by atoms with Crippen molar-refractivity contribution in [2.45, 2.75) is 0 Å². The van der Waals surface area contributed by atoms with Crippen molar-refractivity contribution < 1.29 is 24.6 Å². The smallest absolute Gasteiger partial charge is 0.504 e. The van der Waals surface area contributed by atoms with Gasteiger partial charge in [0.25, 0.3) is 0 Å². The summed E-state index contributed by atoms with van der Waals surface area (Å²) in [6.45, 7) is 0. The summed E-state index contributed by atoms with van der Waals surface area (Å²) in [5.74, 6) is -1.03. The Hall–Kier alpha value is -1.57. The summed E-state index contributed by atoms with van der Waals surface area (Å²) in [6, 6.07) is 6.32. The highest BCUT2D eigenvalue weighted by Gasteiger charge is 2.16. The minimum atomic E-state index is -1.90. The maximum Gasteiger partial charge on any atom is 0.708 e. The van der Waals surface area contributed by atoms with Crippen LogP contribution in [-0.2, 0) is 0 Å². The summed E-state index contributed by atoms with van der Waals surface area (Å²) in [4.78, 5) is 10.9. The van der Waals surface area contributed by atoms with Crippen LogP contribution in [0.1, 0.15) is 10.4 Å². The molecule has 0 radical (unpaired) electrons. The molecular formula is C9H7BO5S. The predicted octanol–water partition coefficient (Wildman–Crippen LogP) is 0.948. The monoisotopic (exact) mass is 238 g/mol.